The normalized spacial score (nSPS) is 10.4. The molecule has 0 radical (unpaired) electrons. The van der Waals surface area contributed by atoms with Gasteiger partial charge in [-0.1, -0.05) is 23.7 Å². The van der Waals surface area contributed by atoms with E-state index >= 15 is 0 Å². The number of aryl methyl sites for hydroxylation is 1. The molecule has 106 valence electrons. The molecule has 0 unspecified atom stereocenters. The van der Waals surface area contributed by atoms with Crippen LogP contribution in [0.1, 0.15) is 16.8 Å². The lowest BCUT2D eigenvalue weighted by Crippen LogP contribution is -2.02. The SMILES string of the molecule is COc1ccc(COc2cc(Cl)nc(C)c2CO)cc1. The Kier molecular flexibility index (Phi) is 4.82. The largest absolute Gasteiger partial charge is 0.497 e. The Morgan fingerprint density at radius 2 is 1.95 bits per heavy atom. The topological polar surface area (TPSA) is 51.6 Å². The molecule has 0 amide bonds. The summed E-state index contributed by atoms with van der Waals surface area (Å²) in [5, 5.41) is 9.73. The molecule has 0 saturated heterocycles. The van der Waals surface area contributed by atoms with E-state index in [1.807, 2.05) is 24.3 Å². The summed E-state index contributed by atoms with van der Waals surface area (Å²) in [5.41, 5.74) is 2.33. The Hall–Kier alpha value is -1.78. The van der Waals surface area contributed by atoms with Crippen molar-refractivity contribution < 1.29 is 14.6 Å². The van der Waals surface area contributed by atoms with Crippen molar-refractivity contribution in [2.24, 2.45) is 0 Å². The van der Waals surface area contributed by atoms with Crippen molar-refractivity contribution in [2.45, 2.75) is 20.1 Å². The second kappa shape index (κ2) is 6.59. The van der Waals surface area contributed by atoms with Crippen LogP contribution in [0.3, 0.4) is 0 Å². The highest BCUT2D eigenvalue weighted by Crippen LogP contribution is 2.25. The number of aliphatic hydroxyl groups excluding tert-OH is 1. The fourth-order valence-electron chi connectivity index (χ4n) is 1.84. The van der Waals surface area contributed by atoms with Crippen LogP contribution in [0.25, 0.3) is 0 Å². The standard InChI is InChI=1S/C15H16ClNO3/c1-10-13(8-18)14(7-15(16)17-10)20-9-11-3-5-12(19-2)6-4-11/h3-7,18H,8-9H2,1-2H3. The van der Waals surface area contributed by atoms with Gasteiger partial charge >= 0.3 is 0 Å². The Balaban J connectivity index is 2.13. The second-order valence-electron chi connectivity index (χ2n) is 4.30. The first-order valence-electron chi connectivity index (χ1n) is 6.16. The van der Waals surface area contributed by atoms with E-state index in [1.165, 1.54) is 0 Å². The van der Waals surface area contributed by atoms with Crippen molar-refractivity contribution in [3.8, 4) is 11.5 Å². The number of halogens is 1. The molecule has 2 aromatic rings. The van der Waals surface area contributed by atoms with Crippen molar-refractivity contribution in [1.29, 1.82) is 0 Å². The lowest BCUT2D eigenvalue weighted by atomic mass is 10.2. The van der Waals surface area contributed by atoms with Gasteiger partial charge in [-0.3, -0.25) is 0 Å². The summed E-state index contributed by atoms with van der Waals surface area (Å²) in [7, 11) is 1.63. The molecule has 0 atom stereocenters. The zero-order valence-corrected chi connectivity index (χ0v) is 12.1. The minimum atomic E-state index is -0.131. The van der Waals surface area contributed by atoms with Crippen LogP contribution in [0.4, 0.5) is 0 Å². The number of nitrogens with zero attached hydrogens (tertiary/aromatic N) is 1. The number of aromatic nitrogens is 1. The molecular formula is C15H16ClNO3. The average molecular weight is 294 g/mol. The van der Waals surface area contributed by atoms with E-state index in [1.54, 1.807) is 20.1 Å². The van der Waals surface area contributed by atoms with Gasteiger partial charge in [0.2, 0.25) is 0 Å². The van der Waals surface area contributed by atoms with Crippen molar-refractivity contribution >= 4 is 11.6 Å². The summed E-state index contributed by atoms with van der Waals surface area (Å²) in [6.45, 7) is 2.04. The van der Waals surface area contributed by atoms with Crippen molar-refractivity contribution in [1.82, 2.24) is 4.98 Å². The van der Waals surface area contributed by atoms with Crippen LogP contribution in [0, 0.1) is 6.92 Å². The highest BCUT2D eigenvalue weighted by molar-refractivity contribution is 6.29. The van der Waals surface area contributed by atoms with Crippen LogP contribution in [-0.4, -0.2) is 17.2 Å². The molecule has 0 fully saturated rings. The van der Waals surface area contributed by atoms with Gasteiger partial charge in [0.05, 0.1) is 13.7 Å². The van der Waals surface area contributed by atoms with Gasteiger partial charge in [0.25, 0.3) is 0 Å². The van der Waals surface area contributed by atoms with Gasteiger partial charge in [-0.05, 0) is 24.6 Å². The maximum atomic E-state index is 9.38. The predicted molar refractivity (Wildman–Crippen MR) is 77.2 cm³/mol. The third-order valence-corrected chi connectivity index (χ3v) is 3.16. The quantitative estimate of drug-likeness (QED) is 0.861. The van der Waals surface area contributed by atoms with Crippen LogP contribution in [-0.2, 0) is 13.2 Å². The summed E-state index contributed by atoms with van der Waals surface area (Å²) in [6, 6.07) is 9.21. The monoisotopic (exact) mass is 293 g/mol. The van der Waals surface area contributed by atoms with E-state index in [4.69, 9.17) is 21.1 Å². The van der Waals surface area contributed by atoms with Gasteiger partial charge in [0, 0.05) is 17.3 Å². The first-order chi connectivity index (χ1) is 9.63. The maximum absolute atomic E-state index is 9.38. The van der Waals surface area contributed by atoms with Gasteiger partial charge in [-0.15, -0.1) is 0 Å². The summed E-state index contributed by atoms with van der Waals surface area (Å²) in [5.74, 6) is 1.36. The van der Waals surface area contributed by atoms with E-state index < -0.39 is 0 Å². The van der Waals surface area contributed by atoms with E-state index in [0.717, 1.165) is 11.3 Å². The third-order valence-electron chi connectivity index (χ3n) is 2.97. The molecular weight excluding hydrogens is 278 g/mol. The van der Waals surface area contributed by atoms with Gasteiger partial charge in [-0.2, -0.15) is 0 Å². The zero-order valence-electron chi connectivity index (χ0n) is 11.4. The number of methoxy groups -OCH3 is 1. The predicted octanol–water partition coefficient (Wildman–Crippen LogP) is 3.12. The number of aliphatic hydroxyl groups is 1. The molecule has 0 saturated carbocycles. The minimum absolute atomic E-state index is 0.131. The van der Waals surface area contributed by atoms with E-state index in [-0.39, 0.29) is 6.61 Å². The maximum Gasteiger partial charge on any atom is 0.133 e. The highest BCUT2D eigenvalue weighted by atomic mass is 35.5. The van der Waals surface area contributed by atoms with Gasteiger partial charge < -0.3 is 14.6 Å². The molecule has 1 aromatic heterocycles. The lowest BCUT2D eigenvalue weighted by molar-refractivity contribution is 0.257. The molecule has 0 spiro atoms. The Labute approximate surface area is 122 Å². The number of benzene rings is 1. The number of hydrogen-bond donors (Lipinski definition) is 1. The molecule has 1 N–H and O–H groups in total. The Morgan fingerprint density at radius 3 is 2.55 bits per heavy atom. The van der Waals surface area contributed by atoms with Crippen molar-refractivity contribution in [3.63, 3.8) is 0 Å². The van der Waals surface area contributed by atoms with Crippen LogP contribution in [0.15, 0.2) is 30.3 Å². The number of pyridine rings is 1. The van der Waals surface area contributed by atoms with Crippen molar-refractivity contribution in [2.75, 3.05) is 7.11 Å². The number of hydrogen-bond acceptors (Lipinski definition) is 4. The number of rotatable bonds is 5. The fourth-order valence-corrected chi connectivity index (χ4v) is 2.06. The van der Waals surface area contributed by atoms with Crippen LogP contribution in [0.5, 0.6) is 11.5 Å². The molecule has 5 heteroatoms. The molecule has 1 heterocycles. The summed E-state index contributed by atoms with van der Waals surface area (Å²) < 4.78 is 10.8. The highest BCUT2D eigenvalue weighted by Gasteiger charge is 2.10. The Bertz CT molecular complexity index is 584. The third kappa shape index (κ3) is 3.40. The van der Waals surface area contributed by atoms with Gasteiger partial charge in [-0.25, -0.2) is 4.98 Å². The molecule has 0 bridgehead atoms. The molecule has 0 aliphatic heterocycles. The zero-order chi connectivity index (χ0) is 14.5. The summed E-state index contributed by atoms with van der Waals surface area (Å²) in [4.78, 5) is 4.09. The van der Waals surface area contributed by atoms with E-state index in [0.29, 0.717) is 28.8 Å². The Morgan fingerprint density at radius 1 is 1.25 bits per heavy atom. The van der Waals surface area contributed by atoms with E-state index in [2.05, 4.69) is 4.98 Å². The summed E-state index contributed by atoms with van der Waals surface area (Å²) in [6.07, 6.45) is 0. The lowest BCUT2D eigenvalue weighted by Gasteiger charge is -2.12. The van der Waals surface area contributed by atoms with Crippen LogP contribution in [0.2, 0.25) is 5.15 Å². The molecule has 4 nitrogen and oxygen atoms in total. The second-order valence-corrected chi connectivity index (χ2v) is 4.69. The van der Waals surface area contributed by atoms with Crippen molar-refractivity contribution in [3.05, 3.63) is 52.3 Å². The summed E-state index contributed by atoms with van der Waals surface area (Å²) >= 11 is 5.91. The van der Waals surface area contributed by atoms with E-state index in [9.17, 15) is 5.11 Å². The number of ether oxygens (including phenoxy) is 2. The molecule has 0 aliphatic carbocycles. The first kappa shape index (κ1) is 14.6. The fraction of sp³-hybridized carbons (Fsp3) is 0.267. The van der Waals surface area contributed by atoms with Crippen LogP contribution >= 0.6 is 11.6 Å². The van der Waals surface area contributed by atoms with Crippen LogP contribution < -0.4 is 9.47 Å². The molecule has 20 heavy (non-hydrogen) atoms. The average Bonchev–Trinajstić information content (AvgIpc) is 2.45. The van der Waals surface area contributed by atoms with Gasteiger partial charge in [0.15, 0.2) is 0 Å². The van der Waals surface area contributed by atoms with Gasteiger partial charge in [0.1, 0.15) is 23.3 Å². The minimum Gasteiger partial charge on any atom is -0.497 e. The molecule has 0 aliphatic rings. The first-order valence-corrected chi connectivity index (χ1v) is 6.54. The smallest absolute Gasteiger partial charge is 0.133 e. The molecule has 1 aromatic carbocycles. The molecule has 2 rings (SSSR count).